The van der Waals surface area contributed by atoms with Gasteiger partial charge in [0, 0.05) is 36.8 Å². The van der Waals surface area contributed by atoms with Crippen LogP contribution < -0.4 is 31.6 Å². The summed E-state index contributed by atoms with van der Waals surface area (Å²) >= 11 is 0. The summed E-state index contributed by atoms with van der Waals surface area (Å²) in [4.78, 5) is 29.6. The lowest BCUT2D eigenvalue weighted by atomic mass is 9.85. The van der Waals surface area contributed by atoms with Crippen molar-refractivity contribution in [1.82, 2.24) is 10.3 Å². The van der Waals surface area contributed by atoms with Gasteiger partial charge in [-0.3, -0.25) is 14.6 Å². The lowest BCUT2D eigenvalue weighted by molar-refractivity contribution is -0.123. The first-order valence-corrected chi connectivity index (χ1v) is 15.1. The van der Waals surface area contributed by atoms with Crippen LogP contribution in [0.2, 0.25) is 0 Å². The van der Waals surface area contributed by atoms with E-state index in [1.165, 1.54) is 0 Å². The molecule has 1 saturated carbocycles. The average Bonchev–Trinajstić information content (AvgIpc) is 2.97. The van der Waals surface area contributed by atoms with E-state index in [1.807, 2.05) is 44.2 Å². The van der Waals surface area contributed by atoms with Crippen LogP contribution in [-0.4, -0.2) is 36.1 Å². The number of amides is 2. The lowest BCUT2D eigenvalue weighted by Gasteiger charge is -2.24. The summed E-state index contributed by atoms with van der Waals surface area (Å²) < 4.78 is 20.4. The molecule has 1 aromatic heterocycles. The van der Waals surface area contributed by atoms with Gasteiger partial charge in [0.2, 0.25) is 11.8 Å². The van der Waals surface area contributed by atoms with Crippen LogP contribution in [0.15, 0.2) is 36.5 Å². The third-order valence-corrected chi connectivity index (χ3v) is 7.72. The molecular weight excluding hydrogens is 530 g/mol. The summed E-state index contributed by atoms with van der Waals surface area (Å²) in [5, 5.41) is 7.33. The highest BCUT2D eigenvalue weighted by Gasteiger charge is 2.22. The van der Waals surface area contributed by atoms with Crippen molar-refractivity contribution in [2.45, 2.75) is 84.7 Å². The number of nitrogens with zero attached hydrogens (tertiary/aromatic N) is 1. The zero-order valence-electron chi connectivity index (χ0n) is 26.1. The highest BCUT2D eigenvalue weighted by Crippen LogP contribution is 2.38. The molecule has 1 fully saturated rings. The number of primary amides is 1. The number of hydrogen-bond acceptors (Lipinski definition) is 7. The van der Waals surface area contributed by atoms with Gasteiger partial charge in [0.15, 0.2) is 11.5 Å². The maximum Gasteiger partial charge on any atom is 0.237 e. The van der Waals surface area contributed by atoms with Crippen molar-refractivity contribution in [3.63, 3.8) is 0 Å². The first-order valence-electron chi connectivity index (χ1n) is 15.6. The van der Waals surface area contributed by atoms with Crippen molar-refractivity contribution in [2.24, 2.45) is 17.4 Å². The van der Waals surface area contributed by atoms with Crippen LogP contribution in [0, 0.1) is 5.89 Å². The Hall–Kier alpha value is -3.85. The van der Waals surface area contributed by atoms with Gasteiger partial charge in [-0.05, 0) is 55.8 Å². The van der Waals surface area contributed by atoms with Crippen molar-refractivity contribution >= 4 is 34.1 Å². The number of ether oxygens (including phenoxy) is 2. The number of nitrogens with one attached hydrogen (secondary N) is 2. The Balaban J connectivity index is 1.63. The molecule has 1 atom stereocenters. The molecule has 6 N–H and O–H groups in total. The second-order valence-electron chi connectivity index (χ2n) is 10.7. The van der Waals surface area contributed by atoms with Gasteiger partial charge in [-0.1, -0.05) is 51.2 Å². The minimum absolute atomic E-state index is 0.00897. The monoisotopic (exact) mass is 576 g/mol. The molecule has 9 heteroatoms. The Morgan fingerprint density at radius 3 is 2.45 bits per heavy atom. The van der Waals surface area contributed by atoms with E-state index in [0.29, 0.717) is 60.9 Å². The van der Waals surface area contributed by atoms with Gasteiger partial charge < -0.3 is 31.6 Å². The molecule has 1 heterocycles. The smallest absolute Gasteiger partial charge is 0.237 e. The van der Waals surface area contributed by atoms with Crippen molar-refractivity contribution < 1.29 is 20.4 Å². The fourth-order valence-corrected chi connectivity index (χ4v) is 5.69. The number of fused-ring (bicyclic) bond motifs is 1. The molecule has 0 radical (unpaired) electrons. The molecule has 2 amide bonds. The average molecular weight is 577 g/mol. The summed E-state index contributed by atoms with van der Waals surface area (Å²) in [5.74, 6) is -0.136. The maximum atomic E-state index is 13.0. The number of carbonyl (C=O) groups is 2. The quantitative estimate of drug-likeness (QED) is 0.205. The molecule has 0 bridgehead atoms. The number of hydrogen-bond donors (Lipinski definition) is 4. The highest BCUT2D eigenvalue weighted by molar-refractivity contribution is 5.98. The second-order valence-corrected chi connectivity index (χ2v) is 10.7. The number of pyridine rings is 1. The Kier molecular flexibility index (Phi) is 10.5. The predicted molar refractivity (Wildman–Crippen MR) is 167 cm³/mol. The molecule has 1 aliphatic rings. The SMILES string of the molecule is [2H]C1(C[C@H](N)C(=O)NCc2cccc(Nc3c(CC(N)=O)cnc4cc(OCC)c(OCC)cc34)c2CC)CCCCC1. The largest absolute Gasteiger partial charge is 0.490 e. The van der Waals surface area contributed by atoms with Gasteiger partial charge in [0.05, 0.1) is 36.9 Å². The standard InChI is InChI=1S/C33H45N5O4/c1-4-24-22(19-37-33(40)26(34)15-21-11-8-7-9-12-21)13-10-14-27(24)38-32-23(16-31(35)39)20-36-28-18-30(42-6-3)29(41-5-2)17-25(28)32/h10,13-14,17-18,20-21,26H,4-9,11-12,15-16,19,34H2,1-3H3,(H2,35,39)(H,36,38)(H,37,40)/t26-/m0/s1/i21D. The van der Waals surface area contributed by atoms with Crippen molar-refractivity contribution in [1.29, 1.82) is 0 Å². The molecule has 0 spiro atoms. The Morgan fingerprint density at radius 2 is 1.79 bits per heavy atom. The van der Waals surface area contributed by atoms with E-state index >= 15 is 0 Å². The fraction of sp³-hybridized carbons (Fsp3) is 0.485. The minimum Gasteiger partial charge on any atom is -0.490 e. The third-order valence-electron chi connectivity index (χ3n) is 7.72. The third kappa shape index (κ3) is 7.70. The molecule has 9 nitrogen and oxygen atoms in total. The first-order chi connectivity index (χ1) is 20.7. The first kappa shape index (κ1) is 29.6. The minimum atomic E-state index is -0.720. The van der Waals surface area contributed by atoms with Crippen molar-refractivity contribution in [3.8, 4) is 11.5 Å². The Labute approximate surface area is 250 Å². The van der Waals surface area contributed by atoms with Gasteiger partial charge in [-0.15, -0.1) is 0 Å². The highest BCUT2D eigenvalue weighted by atomic mass is 16.5. The molecule has 3 aromatic rings. The molecule has 0 unspecified atom stereocenters. The molecule has 0 saturated heterocycles. The zero-order valence-corrected chi connectivity index (χ0v) is 25.1. The molecule has 1 aliphatic carbocycles. The number of aromatic nitrogens is 1. The van der Waals surface area contributed by atoms with E-state index in [4.69, 9.17) is 22.3 Å². The van der Waals surface area contributed by atoms with Gasteiger partial charge in [-0.2, -0.15) is 0 Å². The van der Waals surface area contributed by atoms with E-state index in [2.05, 4.69) is 22.5 Å². The molecule has 42 heavy (non-hydrogen) atoms. The van der Waals surface area contributed by atoms with E-state index in [-0.39, 0.29) is 12.3 Å². The molecular formula is C33H45N5O4. The molecule has 4 rings (SSSR count). The molecule has 226 valence electrons. The van der Waals surface area contributed by atoms with Gasteiger partial charge >= 0.3 is 0 Å². The topological polar surface area (TPSA) is 142 Å². The van der Waals surface area contributed by atoms with Crippen molar-refractivity contribution in [3.05, 3.63) is 53.2 Å². The number of carbonyl (C=O) groups excluding carboxylic acids is 2. The fourth-order valence-electron chi connectivity index (χ4n) is 5.69. The summed E-state index contributed by atoms with van der Waals surface area (Å²) in [6.45, 7) is 7.13. The molecule has 0 aliphatic heterocycles. The van der Waals surface area contributed by atoms with Crippen LogP contribution in [0.1, 0.15) is 77.4 Å². The van der Waals surface area contributed by atoms with Crippen LogP contribution >= 0.6 is 0 Å². The zero-order chi connectivity index (χ0) is 31.0. The summed E-state index contributed by atoms with van der Waals surface area (Å²) in [7, 11) is 0. The number of anilines is 2. The van der Waals surface area contributed by atoms with E-state index < -0.39 is 17.8 Å². The molecule has 2 aromatic carbocycles. The number of nitrogens with two attached hydrogens (primary N) is 2. The van der Waals surface area contributed by atoms with Crippen LogP contribution in [-0.2, 0) is 29.0 Å². The van der Waals surface area contributed by atoms with Crippen molar-refractivity contribution in [2.75, 3.05) is 18.5 Å². The van der Waals surface area contributed by atoms with Crippen LogP contribution in [0.4, 0.5) is 11.4 Å². The van der Waals surface area contributed by atoms with E-state index in [9.17, 15) is 9.59 Å². The summed E-state index contributed by atoms with van der Waals surface area (Å²) in [5.41, 5.74) is 16.7. The Bertz CT molecular complexity index is 1440. The summed E-state index contributed by atoms with van der Waals surface area (Å²) in [6.07, 6.45) is 7.51. The summed E-state index contributed by atoms with van der Waals surface area (Å²) in [6, 6.07) is 8.89. The predicted octanol–water partition coefficient (Wildman–Crippen LogP) is 5.28. The van der Waals surface area contributed by atoms with Crippen LogP contribution in [0.5, 0.6) is 11.5 Å². The van der Waals surface area contributed by atoms with Gasteiger partial charge in [0.25, 0.3) is 0 Å². The number of benzene rings is 2. The van der Waals surface area contributed by atoms with E-state index in [1.54, 1.807) is 6.20 Å². The van der Waals surface area contributed by atoms with Gasteiger partial charge in [-0.25, -0.2) is 0 Å². The Morgan fingerprint density at radius 1 is 1.07 bits per heavy atom. The van der Waals surface area contributed by atoms with E-state index in [0.717, 1.165) is 54.3 Å². The van der Waals surface area contributed by atoms with Crippen LogP contribution in [0.3, 0.4) is 0 Å². The maximum absolute atomic E-state index is 13.0. The second kappa shape index (κ2) is 14.9. The van der Waals surface area contributed by atoms with Crippen LogP contribution in [0.25, 0.3) is 10.9 Å². The van der Waals surface area contributed by atoms with Gasteiger partial charge in [0.1, 0.15) is 0 Å². The lowest BCUT2D eigenvalue weighted by Crippen LogP contribution is -2.41. The number of rotatable bonds is 14. The normalized spacial score (nSPS) is 15.5.